The van der Waals surface area contributed by atoms with Crippen LogP contribution in [-0.2, 0) is 6.54 Å². The molecular formula is C14H16N2O3. The molecule has 1 unspecified atom stereocenters. The molecule has 1 aliphatic heterocycles. The van der Waals surface area contributed by atoms with Crippen LogP contribution in [0.3, 0.4) is 0 Å². The van der Waals surface area contributed by atoms with Gasteiger partial charge in [-0.05, 0) is 31.5 Å². The van der Waals surface area contributed by atoms with Crippen LogP contribution >= 0.6 is 0 Å². The van der Waals surface area contributed by atoms with Gasteiger partial charge in [-0.25, -0.2) is 0 Å². The Hall–Kier alpha value is -2.01. The molecule has 0 bridgehead atoms. The summed E-state index contributed by atoms with van der Waals surface area (Å²) in [5.74, 6) is 2.44. The van der Waals surface area contributed by atoms with Crippen molar-refractivity contribution < 1.29 is 14.0 Å². The molecule has 5 nitrogen and oxygen atoms in total. The first-order valence-corrected chi connectivity index (χ1v) is 6.27. The van der Waals surface area contributed by atoms with Crippen LogP contribution in [0.25, 0.3) is 0 Å². The number of ether oxygens (including phenoxy) is 2. The second-order valence-electron chi connectivity index (χ2n) is 4.64. The van der Waals surface area contributed by atoms with Crippen molar-refractivity contribution in [1.29, 1.82) is 0 Å². The minimum absolute atomic E-state index is 0.200. The van der Waals surface area contributed by atoms with Crippen molar-refractivity contribution in [3.05, 3.63) is 41.3 Å². The maximum Gasteiger partial charge on any atom is 0.231 e. The number of aryl methyl sites for hydroxylation is 1. The van der Waals surface area contributed by atoms with Crippen molar-refractivity contribution in [3.63, 3.8) is 0 Å². The zero-order chi connectivity index (χ0) is 13.2. The van der Waals surface area contributed by atoms with E-state index in [4.69, 9.17) is 14.0 Å². The summed E-state index contributed by atoms with van der Waals surface area (Å²) >= 11 is 0. The second-order valence-corrected chi connectivity index (χ2v) is 4.64. The van der Waals surface area contributed by atoms with E-state index in [-0.39, 0.29) is 6.04 Å². The van der Waals surface area contributed by atoms with Crippen LogP contribution in [0.4, 0.5) is 0 Å². The first-order valence-electron chi connectivity index (χ1n) is 6.27. The third-order valence-electron chi connectivity index (χ3n) is 3.16. The molecule has 0 spiro atoms. The van der Waals surface area contributed by atoms with Gasteiger partial charge in [-0.2, -0.15) is 0 Å². The van der Waals surface area contributed by atoms with Crippen LogP contribution in [0.2, 0.25) is 0 Å². The summed E-state index contributed by atoms with van der Waals surface area (Å²) in [6.07, 6.45) is 0. The van der Waals surface area contributed by atoms with Gasteiger partial charge in [0.25, 0.3) is 0 Å². The molecule has 1 atom stereocenters. The van der Waals surface area contributed by atoms with E-state index in [0.29, 0.717) is 13.3 Å². The van der Waals surface area contributed by atoms with Gasteiger partial charge in [-0.15, -0.1) is 0 Å². The Morgan fingerprint density at radius 3 is 2.89 bits per heavy atom. The van der Waals surface area contributed by atoms with Gasteiger partial charge in [-0.3, -0.25) is 0 Å². The molecule has 0 aliphatic carbocycles. The average molecular weight is 260 g/mol. The molecule has 0 saturated heterocycles. The molecule has 2 aromatic rings. The summed E-state index contributed by atoms with van der Waals surface area (Å²) < 4.78 is 15.7. The Kier molecular flexibility index (Phi) is 3.13. The zero-order valence-corrected chi connectivity index (χ0v) is 11.0. The van der Waals surface area contributed by atoms with E-state index in [9.17, 15) is 0 Å². The molecule has 3 rings (SSSR count). The predicted octanol–water partition coefficient (Wildman–Crippen LogP) is 2.56. The quantitative estimate of drug-likeness (QED) is 0.915. The van der Waals surface area contributed by atoms with E-state index in [1.165, 1.54) is 0 Å². The predicted molar refractivity (Wildman–Crippen MR) is 69.1 cm³/mol. The molecule has 0 fully saturated rings. The lowest BCUT2D eigenvalue weighted by Crippen LogP contribution is -2.18. The number of nitrogens with zero attached hydrogens (tertiary/aromatic N) is 1. The minimum Gasteiger partial charge on any atom is -0.454 e. The number of rotatable bonds is 4. The molecule has 19 heavy (non-hydrogen) atoms. The molecule has 0 amide bonds. The molecular weight excluding hydrogens is 244 g/mol. The fourth-order valence-corrected chi connectivity index (χ4v) is 2.06. The molecule has 0 saturated carbocycles. The lowest BCUT2D eigenvalue weighted by molar-refractivity contribution is 0.174. The summed E-state index contributed by atoms with van der Waals surface area (Å²) in [4.78, 5) is 0. The van der Waals surface area contributed by atoms with Crippen molar-refractivity contribution in [1.82, 2.24) is 10.5 Å². The van der Waals surface area contributed by atoms with Gasteiger partial charge in [-0.1, -0.05) is 11.2 Å². The van der Waals surface area contributed by atoms with Gasteiger partial charge >= 0.3 is 0 Å². The summed E-state index contributed by atoms with van der Waals surface area (Å²) in [7, 11) is 0. The van der Waals surface area contributed by atoms with E-state index in [0.717, 1.165) is 28.5 Å². The fourth-order valence-electron chi connectivity index (χ4n) is 2.06. The first-order chi connectivity index (χ1) is 9.22. The third kappa shape index (κ3) is 2.56. The van der Waals surface area contributed by atoms with Crippen LogP contribution in [0.1, 0.15) is 30.0 Å². The lowest BCUT2D eigenvalue weighted by atomic mass is 10.1. The Bertz CT molecular complexity index is 580. The number of hydrogen-bond donors (Lipinski definition) is 1. The second kappa shape index (κ2) is 4.93. The molecule has 1 aliphatic rings. The highest BCUT2D eigenvalue weighted by molar-refractivity contribution is 5.45. The maximum atomic E-state index is 5.38. The standard InChI is InChI=1S/C14H16N2O3/c1-9-5-12(16-19-9)7-15-10(2)11-3-4-13-14(6-11)18-8-17-13/h3-6,10,15H,7-8H2,1-2H3. The van der Waals surface area contributed by atoms with Gasteiger partial charge in [0.05, 0.1) is 5.69 Å². The monoisotopic (exact) mass is 260 g/mol. The molecule has 2 heterocycles. The Morgan fingerprint density at radius 2 is 2.11 bits per heavy atom. The average Bonchev–Trinajstić information content (AvgIpc) is 3.03. The fraction of sp³-hybridized carbons (Fsp3) is 0.357. The summed E-state index contributed by atoms with van der Waals surface area (Å²) in [5.41, 5.74) is 2.06. The van der Waals surface area contributed by atoms with Crippen molar-refractivity contribution in [2.75, 3.05) is 6.79 Å². The van der Waals surface area contributed by atoms with Crippen LogP contribution in [0, 0.1) is 6.92 Å². The SMILES string of the molecule is Cc1cc(CNC(C)c2ccc3c(c2)OCO3)no1. The lowest BCUT2D eigenvalue weighted by Gasteiger charge is -2.13. The smallest absolute Gasteiger partial charge is 0.231 e. The topological polar surface area (TPSA) is 56.5 Å². The van der Waals surface area contributed by atoms with Crippen LogP contribution < -0.4 is 14.8 Å². The van der Waals surface area contributed by atoms with E-state index in [1.54, 1.807) is 0 Å². The highest BCUT2D eigenvalue weighted by Gasteiger charge is 2.15. The number of fused-ring (bicyclic) bond motifs is 1. The maximum absolute atomic E-state index is 5.38. The van der Waals surface area contributed by atoms with Crippen LogP contribution in [-0.4, -0.2) is 11.9 Å². The van der Waals surface area contributed by atoms with Crippen LogP contribution in [0.15, 0.2) is 28.8 Å². The van der Waals surface area contributed by atoms with Crippen molar-refractivity contribution in [3.8, 4) is 11.5 Å². The molecule has 0 radical (unpaired) electrons. The number of benzene rings is 1. The molecule has 100 valence electrons. The Morgan fingerprint density at radius 1 is 1.26 bits per heavy atom. The Balaban J connectivity index is 1.65. The van der Waals surface area contributed by atoms with Gasteiger partial charge in [0.2, 0.25) is 6.79 Å². The summed E-state index contributed by atoms with van der Waals surface area (Å²) in [6.45, 7) is 4.97. The Labute approximate surface area is 111 Å². The number of nitrogens with one attached hydrogen (secondary N) is 1. The highest BCUT2D eigenvalue weighted by Crippen LogP contribution is 2.34. The van der Waals surface area contributed by atoms with Gasteiger partial charge in [0, 0.05) is 18.7 Å². The van der Waals surface area contributed by atoms with E-state index in [2.05, 4.69) is 17.4 Å². The molecule has 1 N–H and O–H groups in total. The normalized spacial score (nSPS) is 14.6. The first kappa shape index (κ1) is 12.0. The number of hydrogen-bond acceptors (Lipinski definition) is 5. The number of aromatic nitrogens is 1. The van der Waals surface area contributed by atoms with Gasteiger partial charge < -0.3 is 19.3 Å². The highest BCUT2D eigenvalue weighted by atomic mass is 16.7. The molecule has 1 aromatic carbocycles. The molecule has 5 heteroatoms. The van der Waals surface area contributed by atoms with E-state index >= 15 is 0 Å². The van der Waals surface area contributed by atoms with Crippen molar-refractivity contribution in [2.24, 2.45) is 0 Å². The van der Waals surface area contributed by atoms with Gasteiger partial charge in [0.15, 0.2) is 11.5 Å². The minimum atomic E-state index is 0.200. The zero-order valence-electron chi connectivity index (χ0n) is 11.0. The van der Waals surface area contributed by atoms with E-state index in [1.807, 2.05) is 31.2 Å². The van der Waals surface area contributed by atoms with E-state index < -0.39 is 0 Å². The largest absolute Gasteiger partial charge is 0.454 e. The van der Waals surface area contributed by atoms with Crippen molar-refractivity contribution >= 4 is 0 Å². The molecule has 1 aromatic heterocycles. The summed E-state index contributed by atoms with van der Waals surface area (Å²) in [6, 6.07) is 8.12. The summed E-state index contributed by atoms with van der Waals surface area (Å²) in [5, 5.41) is 7.36. The van der Waals surface area contributed by atoms with Crippen molar-refractivity contribution in [2.45, 2.75) is 26.4 Å². The third-order valence-corrected chi connectivity index (χ3v) is 3.16. The van der Waals surface area contributed by atoms with Crippen LogP contribution in [0.5, 0.6) is 11.5 Å². The van der Waals surface area contributed by atoms with Gasteiger partial charge in [0.1, 0.15) is 5.76 Å².